The van der Waals surface area contributed by atoms with E-state index in [9.17, 15) is 4.39 Å². The Kier molecular flexibility index (Phi) is 6.41. The van der Waals surface area contributed by atoms with Gasteiger partial charge in [-0.25, -0.2) is 28.7 Å². The summed E-state index contributed by atoms with van der Waals surface area (Å²) in [4.78, 5) is 19.9. The zero-order valence-electron chi connectivity index (χ0n) is 21.8. The molecular weight excluding hydrogens is 474 g/mol. The number of fused-ring (bicyclic) bond motifs is 2. The van der Waals surface area contributed by atoms with Crippen molar-refractivity contribution in [1.82, 2.24) is 29.4 Å². The molecule has 0 amide bonds. The van der Waals surface area contributed by atoms with Crippen LogP contribution in [0.2, 0.25) is 0 Å². The van der Waals surface area contributed by atoms with Crippen molar-refractivity contribution in [2.24, 2.45) is 5.73 Å². The highest BCUT2D eigenvalue weighted by Gasteiger charge is 2.23. The molecule has 0 saturated heterocycles. The summed E-state index contributed by atoms with van der Waals surface area (Å²) in [6.07, 6.45) is 1.90. The highest BCUT2D eigenvalue weighted by atomic mass is 19.1. The molecule has 1 atom stereocenters. The molecule has 10 heteroatoms. The van der Waals surface area contributed by atoms with E-state index in [1.165, 1.54) is 6.07 Å². The van der Waals surface area contributed by atoms with Crippen LogP contribution in [-0.2, 0) is 18.5 Å². The quantitative estimate of drug-likeness (QED) is 0.406. The lowest BCUT2D eigenvalue weighted by Crippen LogP contribution is -2.39. The molecule has 8 nitrogen and oxygen atoms in total. The monoisotopic (exact) mass is 506 g/mol. The predicted molar refractivity (Wildman–Crippen MR) is 141 cm³/mol. The first kappa shape index (κ1) is 25.2. The van der Waals surface area contributed by atoms with Crippen LogP contribution in [0.1, 0.15) is 44.8 Å². The number of nitrogens with one attached hydrogen (secondary N) is 1. The molecule has 3 N–H and O–H groups in total. The summed E-state index contributed by atoms with van der Waals surface area (Å²) >= 11 is 0. The zero-order valence-corrected chi connectivity index (χ0v) is 21.8. The molecule has 5 rings (SSSR count). The lowest BCUT2D eigenvalue weighted by atomic mass is 10.1. The summed E-state index contributed by atoms with van der Waals surface area (Å²) < 4.78 is 31.9. The standard InChI is InChI=1S/C27H32F2N8/c1-15(30)13-36-9-8-21-17(14-36)6-7-23(33-21)34-26-31-12-20(29)24(35-26)18-10-19(28)25-22(11-18)37(16(2)32-25)27(3,4)5/h6-7,10-12,15H,8-9,13-14,30H2,1-5H3,(H,31,33,34,35). The van der Waals surface area contributed by atoms with E-state index in [0.29, 0.717) is 22.7 Å². The van der Waals surface area contributed by atoms with Gasteiger partial charge in [0.15, 0.2) is 11.6 Å². The number of anilines is 2. The van der Waals surface area contributed by atoms with Crippen molar-refractivity contribution in [2.45, 2.75) is 59.2 Å². The fourth-order valence-corrected chi connectivity index (χ4v) is 5.09. The Bertz CT molecular complexity index is 1470. The largest absolute Gasteiger partial charge is 0.327 e. The van der Waals surface area contributed by atoms with Crippen LogP contribution in [0.15, 0.2) is 30.5 Å². The van der Waals surface area contributed by atoms with E-state index in [4.69, 9.17) is 10.7 Å². The molecule has 0 radical (unpaired) electrons. The first-order chi connectivity index (χ1) is 17.5. The van der Waals surface area contributed by atoms with Gasteiger partial charge in [-0.2, -0.15) is 0 Å². The fraction of sp³-hybridized carbons (Fsp3) is 0.407. The number of nitrogens with two attached hydrogens (primary N) is 1. The van der Waals surface area contributed by atoms with Gasteiger partial charge >= 0.3 is 0 Å². The molecule has 1 unspecified atom stereocenters. The molecule has 0 saturated carbocycles. The Morgan fingerprint density at radius 2 is 1.89 bits per heavy atom. The Labute approximate surface area is 215 Å². The molecule has 0 spiro atoms. The van der Waals surface area contributed by atoms with Crippen LogP contribution in [0, 0.1) is 18.6 Å². The summed E-state index contributed by atoms with van der Waals surface area (Å²) in [6.45, 7) is 12.4. The molecule has 1 aliphatic rings. The second-order valence-corrected chi connectivity index (χ2v) is 10.8. The summed E-state index contributed by atoms with van der Waals surface area (Å²) in [7, 11) is 0. The highest BCUT2D eigenvalue weighted by Crippen LogP contribution is 2.32. The number of benzene rings is 1. The van der Waals surface area contributed by atoms with Gasteiger partial charge in [0.2, 0.25) is 5.95 Å². The number of aromatic nitrogens is 5. The molecule has 1 aromatic carbocycles. The van der Waals surface area contributed by atoms with E-state index in [2.05, 4.69) is 25.2 Å². The minimum atomic E-state index is -0.643. The van der Waals surface area contributed by atoms with Gasteiger partial charge in [0.1, 0.15) is 22.9 Å². The fourth-order valence-electron chi connectivity index (χ4n) is 5.09. The van der Waals surface area contributed by atoms with E-state index < -0.39 is 11.6 Å². The lowest BCUT2D eigenvalue weighted by Gasteiger charge is -2.29. The van der Waals surface area contributed by atoms with Gasteiger partial charge in [0.05, 0.1) is 11.7 Å². The van der Waals surface area contributed by atoms with Crippen molar-refractivity contribution >= 4 is 22.8 Å². The first-order valence-corrected chi connectivity index (χ1v) is 12.5. The molecule has 37 heavy (non-hydrogen) atoms. The zero-order chi connectivity index (χ0) is 26.5. The maximum atomic E-state index is 15.1. The van der Waals surface area contributed by atoms with Crippen molar-refractivity contribution in [3.8, 4) is 11.3 Å². The topological polar surface area (TPSA) is 97.8 Å². The van der Waals surface area contributed by atoms with Gasteiger partial charge in [0.25, 0.3) is 0 Å². The molecular formula is C27H32F2N8. The van der Waals surface area contributed by atoms with Crippen LogP contribution in [0.4, 0.5) is 20.5 Å². The van der Waals surface area contributed by atoms with Gasteiger partial charge in [0, 0.05) is 48.9 Å². The number of hydrogen-bond donors (Lipinski definition) is 2. The Morgan fingerprint density at radius 3 is 2.62 bits per heavy atom. The highest BCUT2D eigenvalue weighted by molar-refractivity contribution is 5.83. The van der Waals surface area contributed by atoms with Gasteiger partial charge in [-0.3, -0.25) is 4.90 Å². The number of hydrogen-bond acceptors (Lipinski definition) is 7. The van der Waals surface area contributed by atoms with E-state index in [0.717, 1.165) is 43.5 Å². The molecule has 0 aliphatic carbocycles. The van der Waals surface area contributed by atoms with Gasteiger partial charge in [-0.15, -0.1) is 0 Å². The number of halogens is 2. The van der Waals surface area contributed by atoms with E-state index >= 15 is 4.39 Å². The third-order valence-corrected chi connectivity index (χ3v) is 6.48. The SMILES string of the molecule is Cc1nc2c(F)cc(-c3nc(Nc4ccc5c(n4)CCN(CC(C)N)C5)ncc3F)cc2n1C(C)(C)C. The third-order valence-electron chi connectivity index (χ3n) is 6.48. The van der Waals surface area contributed by atoms with E-state index in [-0.39, 0.29) is 28.7 Å². The molecule has 194 valence electrons. The van der Waals surface area contributed by atoms with E-state index in [1.807, 2.05) is 51.3 Å². The van der Waals surface area contributed by atoms with Crippen LogP contribution < -0.4 is 11.1 Å². The lowest BCUT2D eigenvalue weighted by molar-refractivity contribution is 0.240. The number of rotatable bonds is 5. The molecule has 4 aromatic rings. The Balaban J connectivity index is 1.46. The van der Waals surface area contributed by atoms with E-state index in [1.54, 1.807) is 6.07 Å². The van der Waals surface area contributed by atoms with Crippen molar-refractivity contribution < 1.29 is 8.78 Å². The van der Waals surface area contributed by atoms with Gasteiger partial charge in [-0.05, 0) is 58.4 Å². The maximum Gasteiger partial charge on any atom is 0.229 e. The minimum Gasteiger partial charge on any atom is -0.327 e. The number of nitrogens with zero attached hydrogens (tertiary/aromatic N) is 6. The normalized spacial score (nSPS) is 15.1. The third kappa shape index (κ3) is 5.03. The summed E-state index contributed by atoms with van der Waals surface area (Å²) in [5.41, 5.74) is 8.93. The molecule has 0 fully saturated rings. The van der Waals surface area contributed by atoms with Crippen LogP contribution in [0.3, 0.4) is 0 Å². The summed E-state index contributed by atoms with van der Waals surface area (Å²) in [5.74, 6) is 0.263. The van der Waals surface area contributed by atoms with Crippen molar-refractivity contribution in [3.63, 3.8) is 0 Å². The molecule has 1 aliphatic heterocycles. The average Bonchev–Trinajstić information content (AvgIpc) is 3.17. The molecule has 4 heterocycles. The minimum absolute atomic E-state index is 0.00196. The smallest absolute Gasteiger partial charge is 0.229 e. The maximum absolute atomic E-state index is 15.1. The van der Waals surface area contributed by atoms with Crippen LogP contribution in [0.5, 0.6) is 0 Å². The number of aryl methyl sites for hydroxylation is 1. The van der Waals surface area contributed by atoms with Gasteiger partial charge in [-0.1, -0.05) is 6.07 Å². The second-order valence-electron chi connectivity index (χ2n) is 10.8. The number of pyridine rings is 1. The Morgan fingerprint density at radius 1 is 1.11 bits per heavy atom. The van der Waals surface area contributed by atoms with Gasteiger partial charge < -0.3 is 15.6 Å². The number of imidazole rings is 1. The van der Waals surface area contributed by atoms with Crippen molar-refractivity contribution in [1.29, 1.82) is 0 Å². The van der Waals surface area contributed by atoms with Crippen molar-refractivity contribution in [2.75, 3.05) is 18.4 Å². The van der Waals surface area contributed by atoms with Crippen LogP contribution in [0.25, 0.3) is 22.3 Å². The second kappa shape index (κ2) is 9.42. The molecule has 0 bridgehead atoms. The van der Waals surface area contributed by atoms with Crippen LogP contribution >= 0.6 is 0 Å². The summed E-state index contributed by atoms with van der Waals surface area (Å²) in [5, 5.41) is 3.08. The summed E-state index contributed by atoms with van der Waals surface area (Å²) in [6, 6.07) is 7.00. The van der Waals surface area contributed by atoms with Crippen molar-refractivity contribution in [3.05, 3.63) is 59.2 Å². The first-order valence-electron chi connectivity index (χ1n) is 12.5. The molecule has 3 aromatic heterocycles. The Hall–Kier alpha value is -3.50. The average molecular weight is 507 g/mol. The van der Waals surface area contributed by atoms with Crippen LogP contribution in [-0.4, -0.2) is 48.5 Å². The predicted octanol–water partition coefficient (Wildman–Crippen LogP) is 4.68.